The number of esters is 3. The highest BCUT2D eigenvalue weighted by Gasteiger charge is 2.64. The zero-order valence-electron chi connectivity index (χ0n) is 18.5. The van der Waals surface area contributed by atoms with Gasteiger partial charge in [-0.3, -0.25) is 4.79 Å². The molecule has 0 aromatic heterocycles. The fourth-order valence-corrected chi connectivity index (χ4v) is 3.79. The highest BCUT2D eigenvalue weighted by Crippen LogP contribution is 2.48. The van der Waals surface area contributed by atoms with E-state index in [0.29, 0.717) is 31.3 Å². The van der Waals surface area contributed by atoms with E-state index >= 15 is 0 Å². The van der Waals surface area contributed by atoms with E-state index < -0.39 is 23.6 Å². The van der Waals surface area contributed by atoms with Crippen molar-refractivity contribution >= 4 is 17.9 Å². The Morgan fingerprint density at radius 3 is 2.53 bits per heavy atom. The molecule has 0 N–H and O–H groups in total. The standard InChI is InChI=1S/C23H32O7/c1-14(2)11-21(25)28-13-23-19(30-23)10-9-17(22(26)27-6)7-8-18(15(3)4)12-20(23)29-16(5)24/h7,11,18-20H,3,8-10,12-13H2,1-2,4-6H3/b17-7-/t18-,19+,20-,23-/m0/s1. The summed E-state index contributed by atoms with van der Waals surface area (Å²) >= 11 is 0. The lowest BCUT2D eigenvalue weighted by atomic mass is 9.83. The molecule has 0 amide bonds. The summed E-state index contributed by atoms with van der Waals surface area (Å²) in [6, 6.07) is 0. The van der Waals surface area contributed by atoms with Crippen molar-refractivity contribution in [2.75, 3.05) is 13.7 Å². The molecular formula is C23H32O7. The summed E-state index contributed by atoms with van der Waals surface area (Å²) in [5, 5.41) is 0. The van der Waals surface area contributed by atoms with Gasteiger partial charge in [-0.05, 0) is 52.4 Å². The van der Waals surface area contributed by atoms with Gasteiger partial charge >= 0.3 is 17.9 Å². The van der Waals surface area contributed by atoms with Gasteiger partial charge in [0.25, 0.3) is 0 Å². The largest absolute Gasteiger partial charge is 0.466 e. The van der Waals surface area contributed by atoms with E-state index in [4.69, 9.17) is 18.9 Å². The van der Waals surface area contributed by atoms with Gasteiger partial charge in [-0.25, -0.2) is 9.59 Å². The van der Waals surface area contributed by atoms with Crippen LogP contribution in [-0.4, -0.2) is 49.4 Å². The molecule has 1 fully saturated rings. The van der Waals surface area contributed by atoms with Crippen LogP contribution in [0.15, 0.2) is 35.5 Å². The predicted molar refractivity (Wildman–Crippen MR) is 110 cm³/mol. The first-order valence-electron chi connectivity index (χ1n) is 10.2. The lowest BCUT2D eigenvalue weighted by Crippen LogP contribution is -2.42. The van der Waals surface area contributed by atoms with Crippen LogP contribution in [0.5, 0.6) is 0 Å². The zero-order valence-corrected chi connectivity index (χ0v) is 18.5. The summed E-state index contributed by atoms with van der Waals surface area (Å²) in [6.07, 6.45) is 4.39. The van der Waals surface area contributed by atoms with Crippen molar-refractivity contribution in [2.24, 2.45) is 5.92 Å². The Kier molecular flexibility index (Phi) is 8.01. The third-order valence-corrected chi connectivity index (χ3v) is 5.52. The lowest BCUT2D eigenvalue weighted by Gasteiger charge is -2.29. The monoisotopic (exact) mass is 420 g/mol. The number of carbonyl (C=O) groups excluding carboxylic acids is 3. The third kappa shape index (κ3) is 6.05. The molecule has 2 aliphatic rings. The number of hydrogen-bond donors (Lipinski definition) is 0. The van der Waals surface area contributed by atoms with Gasteiger partial charge in [0, 0.05) is 18.6 Å². The minimum absolute atomic E-state index is 0.0294. The molecule has 0 aromatic carbocycles. The minimum Gasteiger partial charge on any atom is -0.466 e. The van der Waals surface area contributed by atoms with Crippen molar-refractivity contribution in [1.82, 2.24) is 0 Å². The van der Waals surface area contributed by atoms with Crippen molar-refractivity contribution in [3.05, 3.63) is 35.5 Å². The van der Waals surface area contributed by atoms with Crippen LogP contribution < -0.4 is 0 Å². The highest BCUT2D eigenvalue weighted by molar-refractivity contribution is 5.88. The number of allylic oxidation sites excluding steroid dienone is 3. The van der Waals surface area contributed by atoms with Gasteiger partial charge in [-0.2, -0.15) is 0 Å². The SMILES string of the molecule is C=C(C)[C@H]1C/C=C(\C(=O)OC)CC[C@H]2O[C@]2(COC(=O)C=C(C)C)[C@@H](OC(C)=O)C1. The molecule has 0 unspecified atom stereocenters. The van der Waals surface area contributed by atoms with E-state index in [1.54, 1.807) is 13.8 Å². The van der Waals surface area contributed by atoms with Gasteiger partial charge in [0.2, 0.25) is 0 Å². The summed E-state index contributed by atoms with van der Waals surface area (Å²) in [5.74, 6) is -1.30. The molecule has 4 atom stereocenters. The number of epoxide rings is 1. The van der Waals surface area contributed by atoms with Crippen molar-refractivity contribution in [3.8, 4) is 0 Å². The number of hydrogen-bond acceptors (Lipinski definition) is 7. The van der Waals surface area contributed by atoms with Crippen molar-refractivity contribution < 1.29 is 33.3 Å². The second kappa shape index (κ2) is 10.1. The smallest absolute Gasteiger partial charge is 0.333 e. The summed E-state index contributed by atoms with van der Waals surface area (Å²) in [4.78, 5) is 36.0. The highest BCUT2D eigenvalue weighted by atomic mass is 16.7. The van der Waals surface area contributed by atoms with Crippen LogP contribution in [0.1, 0.15) is 53.4 Å². The van der Waals surface area contributed by atoms with Gasteiger partial charge in [0.15, 0.2) is 5.60 Å². The molecule has 7 nitrogen and oxygen atoms in total. The molecule has 2 rings (SSSR count). The van der Waals surface area contributed by atoms with Crippen LogP contribution in [0.2, 0.25) is 0 Å². The maximum Gasteiger partial charge on any atom is 0.333 e. The van der Waals surface area contributed by atoms with Crippen LogP contribution >= 0.6 is 0 Å². The number of fused-ring (bicyclic) bond motifs is 1. The average Bonchev–Trinajstić information content (AvgIpc) is 3.37. The Hall–Kier alpha value is -2.41. The Morgan fingerprint density at radius 1 is 1.27 bits per heavy atom. The van der Waals surface area contributed by atoms with Crippen LogP contribution in [0, 0.1) is 5.92 Å². The lowest BCUT2D eigenvalue weighted by molar-refractivity contribution is -0.154. The topological polar surface area (TPSA) is 91.4 Å². The Labute approximate surface area is 178 Å². The Morgan fingerprint density at radius 2 is 1.97 bits per heavy atom. The number of carbonyl (C=O) groups is 3. The number of ether oxygens (including phenoxy) is 4. The van der Waals surface area contributed by atoms with E-state index in [2.05, 4.69) is 6.58 Å². The van der Waals surface area contributed by atoms with Crippen LogP contribution in [0.3, 0.4) is 0 Å². The van der Waals surface area contributed by atoms with Crippen LogP contribution in [-0.2, 0) is 33.3 Å². The summed E-state index contributed by atoms with van der Waals surface area (Å²) < 4.78 is 22.0. The first-order chi connectivity index (χ1) is 14.1. The first-order valence-corrected chi connectivity index (χ1v) is 10.2. The molecule has 0 spiro atoms. The van der Waals surface area contributed by atoms with E-state index in [-0.39, 0.29) is 24.6 Å². The van der Waals surface area contributed by atoms with Gasteiger partial charge in [0.05, 0.1) is 13.2 Å². The molecule has 1 aliphatic carbocycles. The molecule has 166 valence electrons. The molecule has 30 heavy (non-hydrogen) atoms. The molecule has 1 aliphatic heterocycles. The summed E-state index contributed by atoms with van der Waals surface area (Å²) in [7, 11) is 1.36. The van der Waals surface area contributed by atoms with Crippen LogP contribution in [0.25, 0.3) is 0 Å². The Bertz CT molecular complexity index is 760. The molecular weight excluding hydrogens is 388 g/mol. The average molecular weight is 421 g/mol. The fraction of sp³-hybridized carbons (Fsp3) is 0.609. The van der Waals surface area contributed by atoms with Crippen molar-refractivity contribution in [2.45, 2.75) is 71.2 Å². The molecule has 0 saturated carbocycles. The Balaban J connectivity index is 2.32. The summed E-state index contributed by atoms with van der Waals surface area (Å²) in [5.41, 5.74) is 1.38. The number of rotatable bonds is 6. The third-order valence-electron chi connectivity index (χ3n) is 5.52. The summed E-state index contributed by atoms with van der Waals surface area (Å²) in [6.45, 7) is 10.9. The van der Waals surface area contributed by atoms with Gasteiger partial charge < -0.3 is 18.9 Å². The van der Waals surface area contributed by atoms with Crippen LogP contribution in [0.4, 0.5) is 0 Å². The first kappa shape index (κ1) is 23.9. The molecule has 7 heteroatoms. The fourth-order valence-electron chi connectivity index (χ4n) is 3.79. The zero-order chi connectivity index (χ0) is 22.5. The minimum atomic E-state index is -0.927. The maximum absolute atomic E-state index is 12.1. The van der Waals surface area contributed by atoms with Crippen molar-refractivity contribution in [3.63, 3.8) is 0 Å². The van der Waals surface area contributed by atoms with E-state index in [0.717, 1.165) is 11.1 Å². The quantitative estimate of drug-likeness (QED) is 0.214. The van der Waals surface area contributed by atoms with E-state index in [1.165, 1.54) is 20.1 Å². The second-order valence-corrected chi connectivity index (χ2v) is 8.26. The van der Waals surface area contributed by atoms with Gasteiger partial charge in [-0.1, -0.05) is 23.8 Å². The molecule has 1 saturated heterocycles. The van der Waals surface area contributed by atoms with E-state index in [1.807, 2.05) is 13.0 Å². The maximum atomic E-state index is 12.1. The predicted octanol–water partition coefficient (Wildman–Crippen LogP) is 3.43. The second-order valence-electron chi connectivity index (χ2n) is 8.26. The molecule has 0 bridgehead atoms. The molecule has 1 heterocycles. The van der Waals surface area contributed by atoms with Gasteiger partial charge in [0.1, 0.15) is 12.7 Å². The molecule has 0 aromatic rings. The number of methoxy groups -OCH3 is 1. The normalized spacial score (nSPS) is 29.9. The van der Waals surface area contributed by atoms with Crippen molar-refractivity contribution in [1.29, 1.82) is 0 Å². The van der Waals surface area contributed by atoms with E-state index in [9.17, 15) is 14.4 Å². The van der Waals surface area contributed by atoms with Gasteiger partial charge in [-0.15, -0.1) is 0 Å². The molecule has 0 radical (unpaired) electrons.